The van der Waals surface area contributed by atoms with Crippen LogP contribution in [0.15, 0.2) is 72.3 Å². The Balaban J connectivity index is 1.92. The first-order chi connectivity index (χ1) is 9.84. The van der Waals surface area contributed by atoms with Gasteiger partial charge in [-0.05, 0) is 33.9 Å². The first-order valence-electron chi connectivity index (χ1n) is 6.94. The molecule has 4 rings (SSSR count). The average Bonchev–Trinajstić information content (AvgIpc) is 2.83. The van der Waals surface area contributed by atoms with Crippen molar-refractivity contribution < 1.29 is 4.79 Å². The summed E-state index contributed by atoms with van der Waals surface area (Å²) in [7, 11) is 0. The first kappa shape index (κ1) is 11.4. The van der Waals surface area contributed by atoms with Crippen LogP contribution in [0.1, 0.15) is 23.5 Å². The lowest BCUT2D eigenvalue weighted by atomic mass is 9.86. The summed E-state index contributed by atoms with van der Waals surface area (Å²) in [6, 6.07) is 17.1. The fourth-order valence-corrected chi connectivity index (χ4v) is 3.27. The highest BCUT2D eigenvalue weighted by Gasteiger charge is 2.30. The topological polar surface area (TPSA) is 17.1 Å². The second-order valence-corrected chi connectivity index (χ2v) is 5.32. The number of ketones is 1. The molecule has 0 aromatic heterocycles. The minimum atomic E-state index is 0.188. The van der Waals surface area contributed by atoms with Crippen molar-refractivity contribution >= 4 is 5.78 Å². The van der Waals surface area contributed by atoms with E-state index in [9.17, 15) is 4.79 Å². The monoisotopic (exact) mass is 258 g/mol. The molecule has 2 aliphatic carbocycles. The van der Waals surface area contributed by atoms with Crippen molar-refractivity contribution in [2.75, 3.05) is 0 Å². The van der Waals surface area contributed by atoms with Gasteiger partial charge in [0.25, 0.3) is 0 Å². The van der Waals surface area contributed by atoms with E-state index in [1.165, 1.54) is 27.8 Å². The normalized spacial score (nSPS) is 16.8. The van der Waals surface area contributed by atoms with E-state index < -0.39 is 0 Å². The molecule has 1 heteroatoms. The molecule has 0 unspecified atom stereocenters. The molecule has 0 bridgehead atoms. The minimum absolute atomic E-state index is 0.188. The highest BCUT2D eigenvalue weighted by Crippen LogP contribution is 2.48. The third kappa shape index (κ3) is 1.60. The molecule has 96 valence electrons. The molecule has 0 heterocycles. The van der Waals surface area contributed by atoms with Crippen LogP contribution in [0, 0.1) is 0 Å². The second kappa shape index (κ2) is 4.31. The van der Waals surface area contributed by atoms with Crippen LogP contribution in [-0.2, 0) is 4.79 Å². The highest BCUT2D eigenvalue weighted by atomic mass is 16.1. The quantitative estimate of drug-likeness (QED) is 0.747. The van der Waals surface area contributed by atoms with E-state index in [0.29, 0.717) is 6.42 Å². The number of carbonyl (C=O) groups excluding carboxylic acids is 1. The van der Waals surface area contributed by atoms with Crippen LogP contribution in [0.25, 0.3) is 11.1 Å². The third-order valence-corrected chi connectivity index (χ3v) is 4.17. The summed E-state index contributed by atoms with van der Waals surface area (Å²) in [6.07, 6.45) is 6.28. The Morgan fingerprint density at radius 2 is 1.40 bits per heavy atom. The predicted octanol–water partition coefficient (Wildman–Crippen LogP) is 4.25. The largest absolute Gasteiger partial charge is 0.295 e. The third-order valence-electron chi connectivity index (χ3n) is 4.17. The summed E-state index contributed by atoms with van der Waals surface area (Å²) < 4.78 is 0. The Hall–Kier alpha value is -2.41. The van der Waals surface area contributed by atoms with E-state index in [2.05, 4.69) is 54.6 Å². The van der Waals surface area contributed by atoms with Crippen LogP contribution in [-0.4, -0.2) is 5.78 Å². The Morgan fingerprint density at radius 1 is 0.800 bits per heavy atom. The predicted molar refractivity (Wildman–Crippen MR) is 80.6 cm³/mol. The van der Waals surface area contributed by atoms with Gasteiger partial charge >= 0.3 is 0 Å². The molecule has 0 atom stereocenters. The molecule has 0 saturated heterocycles. The molecule has 1 nitrogen and oxygen atoms in total. The van der Waals surface area contributed by atoms with Gasteiger partial charge in [0, 0.05) is 12.3 Å². The number of allylic oxidation sites excluding steroid dienone is 4. The number of benzene rings is 2. The van der Waals surface area contributed by atoms with Crippen molar-refractivity contribution in [3.8, 4) is 11.1 Å². The number of fused-ring (bicyclic) bond motifs is 3. The lowest BCUT2D eigenvalue weighted by molar-refractivity contribution is -0.113. The first-order valence-corrected chi connectivity index (χ1v) is 6.94. The summed E-state index contributed by atoms with van der Waals surface area (Å²) in [4.78, 5) is 11.4. The average molecular weight is 258 g/mol. The van der Waals surface area contributed by atoms with Crippen molar-refractivity contribution in [1.29, 1.82) is 0 Å². The summed E-state index contributed by atoms with van der Waals surface area (Å²) in [6.45, 7) is 0. The van der Waals surface area contributed by atoms with E-state index in [0.717, 1.165) is 0 Å². The van der Waals surface area contributed by atoms with Crippen molar-refractivity contribution in [3.63, 3.8) is 0 Å². The van der Waals surface area contributed by atoms with Crippen LogP contribution < -0.4 is 0 Å². The van der Waals surface area contributed by atoms with Gasteiger partial charge in [-0.1, -0.05) is 60.7 Å². The molecule has 2 aromatic rings. The molecule has 0 saturated carbocycles. The van der Waals surface area contributed by atoms with Crippen molar-refractivity contribution in [1.82, 2.24) is 0 Å². The highest BCUT2D eigenvalue weighted by molar-refractivity contribution is 5.93. The van der Waals surface area contributed by atoms with Crippen molar-refractivity contribution in [2.45, 2.75) is 12.3 Å². The van der Waals surface area contributed by atoms with Gasteiger partial charge in [-0.2, -0.15) is 0 Å². The Bertz CT molecular complexity index is 719. The summed E-state index contributed by atoms with van der Waals surface area (Å²) in [5.74, 6) is 0.458. The molecular weight excluding hydrogens is 244 g/mol. The van der Waals surface area contributed by atoms with Crippen molar-refractivity contribution in [2.24, 2.45) is 0 Å². The van der Waals surface area contributed by atoms with Gasteiger partial charge in [-0.15, -0.1) is 0 Å². The van der Waals surface area contributed by atoms with E-state index in [1.54, 1.807) is 6.08 Å². The van der Waals surface area contributed by atoms with Gasteiger partial charge in [-0.25, -0.2) is 0 Å². The summed E-state index contributed by atoms with van der Waals surface area (Å²) >= 11 is 0. The van der Waals surface area contributed by atoms with E-state index >= 15 is 0 Å². The van der Waals surface area contributed by atoms with Crippen LogP contribution in [0.4, 0.5) is 0 Å². The number of carbonyl (C=O) groups is 1. The molecule has 2 aliphatic rings. The van der Waals surface area contributed by atoms with Gasteiger partial charge < -0.3 is 0 Å². The molecule has 0 radical (unpaired) electrons. The maximum absolute atomic E-state index is 11.4. The zero-order chi connectivity index (χ0) is 13.5. The van der Waals surface area contributed by atoms with Crippen LogP contribution >= 0.6 is 0 Å². The minimum Gasteiger partial charge on any atom is -0.295 e. The molecule has 0 N–H and O–H groups in total. The lowest BCUT2D eigenvalue weighted by Gasteiger charge is -2.17. The van der Waals surface area contributed by atoms with Gasteiger partial charge in [0.05, 0.1) is 0 Å². The number of hydrogen-bond donors (Lipinski definition) is 0. The van der Waals surface area contributed by atoms with Gasteiger partial charge in [0.1, 0.15) is 0 Å². The molecular formula is C19H14O. The Kier molecular flexibility index (Phi) is 2.46. The smallest absolute Gasteiger partial charge is 0.159 e. The fourth-order valence-electron chi connectivity index (χ4n) is 3.27. The SMILES string of the molecule is O=C1C=CC(C2c3ccccc3-c3ccccc32)=CC1. The second-order valence-electron chi connectivity index (χ2n) is 5.32. The Morgan fingerprint density at radius 3 is 1.95 bits per heavy atom. The number of rotatable bonds is 1. The Labute approximate surface area is 118 Å². The van der Waals surface area contributed by atoms with E-state index in [4.69, 9.17) is 0 Å². The van der Waals surface area contributed by atoms with Gasteiger partial charge in [-0.3, -0.25) is 4.79 Å². The molecule has 20 heavy (non-hydrogen) atoms. The van der Waals surface area contributed by atoms with Gasteiger partial charge in [0.2, 0.25) is 0 Å². The summed E-state index contributed by atoms with van der Waals surface area (Å²) in [5.41, 5.74) is 6.57. The maximum atomic E-state index is 11.4. The molecule has 0 fully saturated rings. The van der Waals surface area contributed by atoms with E-state index in [1.807, 2.05) is 6.08 Å². The molecule has 2 aromatic carbocycles. The molecule has 0 amide bonds. The fraction of sp³-hybridized carbons (Fsp3) is 0.105. The van der Waals surface area contributed by atoms with Crippen LogP contribution in [0.2, 0.25) is 0 Å². The maximum Gasteiger partial charge on any atom is 0.159 e. The lowest BCUT2D eigenvalue weighted by Crippen LogP contribution is -2.04. The standard InChI is InChI=1S/C19H14O/c20-14-11-9-13(10-12-14)19-17-7-3-1-5-15(17)16-6-2-4-8-18(16)19/h1-11,19H,12H2. The van der Waals surface area contributed by atoms with E-state index in [-0.39, 0.29) is 11.7 Å². The van der Waals surface area contributed by atoms with Crippen molar-refractivity contribution in [3.05, 3.63) is 83.5 Å². The molecule has 0 aliphatic heterocycles. The van der Waals surface area contributed by atoms with Crippen LogP contribution in [0.3, 0.4) is 0 Å². The zero-order valence-electron chi connectivity index (χ0n) is 11.0. The number of hydrogen-bond acceptors (Lipinski definition) is 1. The van der Waals surface area contributed by atoms with Crippen LogP contribution in [0.5, 0.6) is 0 Å². The molecule has 0 spiro atoms. The summed E-state index contributed by atoms with van der Waals surface area (Å²) in [5, 5.41) is 0. The zero-order valence-corrected chi connectivity index (χ0v) is 11.0. The van der Waals surface area contributed by atoms with Gasteiger partial charge in [0.15, 0.2) is 5.78 Å².